The van der Waals surface area contributed by atoms with E-state index in [1.165, 1.54) is 6.92 Å². The number of rotatable bonds is 7. The van der Waals surface area contributed by atoms with Crippen molar-refractivity contribution in [3.05, 3.63) is 89.5 Å². The predicted molar refractivity (Wildman–Crippen MR) is 125 cm³/mol. The van der Waals surface area contributed by atoms with Gasteiger partial charge in [-0.2, -0.15) is 0 Å². The van der Waals surface area contributed by atoms with Crippen LogP contribution in [0.3, 0.4) is 0 Å². The number of nitrogens with one attached hydrogen (secondary N) is 1. The maximum absolute atomic E-state index is 12.9. The van der Waals surface area contributed by atoms with Gasteiger partial charge >= 0.3 is 0 Å². The Morgan fingerprint density at radius 3 is 2.50 bits per heavy atom. The molecular weight excluding hydrogens is 404 g/mol. The van der Waals surface area contributed by atoms with Gasteiger partial charge in [0.2, 0.25) is 0 Å². The van der Waals surface area contributed by atoms with E-state index in [0.717, 1.165) is 24.3 Å². The van der Waals surface area contributed by atoms with Gasteiger partial charge in [0.25, 0.3) is 5.91 Å². The number of nitrogens with zero attached hydrogens (tertiary/aromatic N) is 1. The first-order valence-corrected chi connectivity index (χ1v) is 10.7. The molecule has 0 spiro atoms. The summed E-state index contributed by atoms with van der Waals surface area (Å²) in [6.07, 6.45) is 0. The first-order valence-electron chi connectivity index (χ1n) is 10.7. The third kappa shape index (κ3) is 5.34. The molecule has 0 atom stereocenters. The minimum Gasteiger partial charge on any atom is -0.489 e. The maximum Gasteiger partial charge on any atom is 0.255 e. The average molecular weight is 431 g/mol. The van der Waals surface area contributed by atoms with Gasteiger partial charge in [-0.25, -0.2) is 0 Å². The Morgan fingerprint density at radius 1 is 0.969 bits per heavy atom. The van der Waals surface area contributed by atoms with E-state index in [1.54, 1.807) is 24.3 Å². The normalized spacial score (nSPS) is 13.5. The third-order valence-corrected chi connectivity index (χ3v) is 5.35. The Morgan fingerprint density at radius 2 is 1.75 bits per heavy atom. The van der Waals surface area contributed by atoms with Crippen molar-refractivity contribution >= 4 is 23.1 Å². The van der Waals surface area contributed by atoms with Gasteiger partial charge in [-0.15, -0.1) is 0 Å². The van der Waals surface area contributed by atoms with Gasteiger partial charge in [-0.1, -0.05) is 36.4 Å². The molecule has 3 aromatic rings. The first-order chi connectivity index (χ1) is 15.6. The van der Waals surface area contributed by atoms with Crippen molar-refractivity contribution < 1.29 is 19.1 Å². The summed E-state index contributed by atoms with van der Waals surface area (Å²) in [6, 6.07) is 22.4. The zero-order valence-corrected chi connectivity index (χ0v) is 18.0. The topological polar surface area (TPSA) is 67.9 Å². The highest BCUT2D eigenvalue weighted by molar-refractivity contribution is 6.09. The fourth-order valence-electron chi connectivity index (χ4n) is 3.61. The zero-order valence-electron chi connectivity index (χ0n) is 18.0. The van der Waals surface area contributed by atoms with Gasteiger partial charge in [0, 0.05) is 29.9 Å². The molecule has 6 heteroatoms. The van der Waals surface area contributed by atoms with E-state index in [1.807, 2.05) is 48.5 Å². The number of ketones is 1. The molecule has 1 aliphatic heterocycles. The highest BCUT2D eigenvalue weighted by atomic mass is 16.5. The van der Waals surface area contributed by atoms with Crippen LogP contribution < -0.4 is 15.0 Å². The van der Waals surface area contributed by atoms with Crippen LogP contribution in [0.15, 0.2) is 72.8 Å². The Labute approximate surface area is 187 Å². The van der Waals surface area contributed by atoms with Crippen molar-refractivity contribution in [2.45, 2.75) is 13.5 Å². The van der Waals surface area contributed by atoms with Crippen LogP contribution in [0.2, 0.25) is 0 Å². The largest absolute Gasteiger partial charge is 0.489 e. The van der Waals surface area contributed by atoms with E-state index in [4.69, 9.17) is 9.47 Å². The van der Waals surface area contributed by atoms with Crippen molar-refractivity contribution in [3.63, 3.8) is 0 Å². The van der Waals surface area contributed by atoms with Gasteiger partial charge in [0.1, 0.15) is 12.4 Å². The molecule has 3 aromatic carbocycles. The second-order valence-electron chi connectivity index (χ2n) is 7.64. The second-order valence-corrected chi connectivity index (χ2v) is 7.64. The molecule has 32 heavy (non-hydrogen) atoms. The van der Waals surface area contributed by atoms with Crippen LogP contribution in [-0.2, 0) is 11.3 Å². The quantitative estimate of drug-likeness (QED) is 0.557. The van der Waals surface area contributed by atoms with Crippen LogP contribution in [-0.4, -0.2) is 38.0 Å². The fourth-order valence-corrected chi connectivity index (χ4v) is 3.61. The van der Waals surface area contributed by atoms with Crippen LogP contribution in [0.1, 0.15) is 33.2 Å². The number of hydrogen-bond donors (Lipinski definition) is 1. The second kappa shape index (κ2) is 10.1. The molecule has 1 saturated heterocycles. The number of Topliss-reactive ketones (excluding diaryl/α,β-unsaturated/α-hetero) is 1. The van der Waals surface area contributed by atoms with E-state index >= 15 is 0 Å². The Hall–Kier alpha value is -3.64. The molecule has 0 saturated carbocycles. The summed E-state index contributed by atoms with van der Waals surface area (Å²) in [5.74, 6) is 0.211. The summed E-state index contributed by atoms with van der Waals surface area (Å²) < 4.78 is 11.2. The summed E-state index contributed by atoms with van der Waals surface area (Å²) in [6.45, 7) is 4.81. The molecule has 164 valence electrons. The number of anilines is 2. The SMILES string of the molecule is CC(=O)c1cc(N2CCOCC2)ccc1NC(=O)c1cccc(OCc2ccccc2)c1. The van der Waals surface area contributed by atoms with Gasteiger partial charge in [-0.3, -0.25) is 9.59 Å². The van der Waals surface area contributed by atoms with Crippen molar-refractivity contribution in [3.8, 4) is 5.75 Å². The minimum atomic E-state index is -0.295. The molecule has 1 fully saturated rings. The number of morpholine rings is 1. The lowest BCUT2D eigenvalue weighted by atomic mass is 10.1. The number of carbonyl (C=O) groups is 2. The highest BCUT2D eigenvalue weighted by Crippen LogP contribution is 2.26. The van der Waals surface area contributed by atoms with E-state index < -0.39 is 0 Å². The number of carbonyl (C=O) groups excluding carboxylic acids is 2. The number of hydrogen-bond acceptors (Lipinski definition) is 5. The van der Waals surface area contributed by atoms with Crippen LogP contribution in [0.4, 0.5) is 11.4 Å². The van der Waals surface area contributed by atoms with Gasteiger partial charge < -0.3 is 19.7 Å². The Kier molecular flexibility index (Phi) is 6.82. The van der Waals surface area contributed by atoms with E-state index in [-0.39, 0.29) is 11.7 Å². The summed E-state index contributed by atoms with van der Waals surface area (Å²) in [5, 5.41) is 2.88. The maximum atomic E-state index is 12.9. The summed E-state index contributed by atoms with van der Waals surface area (Å²) in [7, 11) is 0. The summed E-state index contributed by atoms with van der Waals surface area (Å²) in [4.78, 5) is 27.4. The standard InChI is InChI=1S/C26H26N2O4/c1-19(29)24-17-22(28-12-14-31-15-13-28)10-11-25(24)27-26(30)21-8-5-9-23(16-21)32-18-20-6-3-2-4-7-20/h2-11,16-17H,12-15,18H2,1H3,(H,27,30). The van der Waals surface area contributed by atoms with Crippen LogP contribution in [0.25, 0.3) is 0 Å². The van der Waals surface area contributed by atoms with Crippen molar-refractivity contribution in [2.24, 2.45) is 0 Å². The lowest BCUT2D eigenvalue weighted by molar-refractivity contribution is 0.101. The average Bonchev–Trinajstić information content (AvgIpc) is 2.84. The Balaban J connectivity index is 1.47. The number of benzene rings is 3. The van der Waals surface area contributed by atoms with Crippen molar-refractivity contribution in [1.82, 2.24) is 0 Å². The molecule has 0 radical (unpaired) electrons. The molecule has 0 bridgehead atoms. The van der Waals surface area contributed by atoms with E-state index in [2.05, 4.69) is 10.2 Å². The zero-order chi connectivity index (χ0) is 22.3. The smallest absolute Gasteiger partial charge is 0.255 e. The van der Waals surface area contributed by atoms with Gasteiger partial charge in [-0.05, 0) is 48.9 Å². The Bertz CT molecular complexity index is 1090. The van der Waals surface area contributed by atoms with E-state index in [0.29, 0.717) is 42.4 Å². The fraction of sp³-hybridized carbons (Fsp3) is 0.231. The predicted octanol–water partition coefficient (Wildman–Crippen LogP) is 4.56. The van der Waals surface area contributed by atoms with E-state index in [9.17, 15) is 9.59 Å². The molecule has 0 unspecified atom stereocenters. The number of amides is 1. The molecule has 1 amide bonds. The highest BCUT2D eigenvalue weighted by Gasteiger charge is 2.17. The van der Waals surface area contributed by atoms with Gasteiger partial charge in [0.05, 0.1) is 18.9 Å². The molecular formula is C26H26N2O4. The molecule has 1 N–H and O–H groups in total. The molecule has 1 aliphatic rings. The number of ether oxygens (including phenoxy) is 2. The lowest BCUT2D eigenvalue weighted by Crippen LogP contribution is -2.36. The monoisotopic (exact) mass is 430 g/mol. The van der Waals surface area contributed by atoms with Crippen molar-refractivity contribution in [1.29, 1.82) is 0 Å². The molecule has 0 aliphatic carbocycles. The first kappa shape index (κ1) is 21.6. The molecule has 1 heterocycles. The molecule has 4 rings (SSSR count). The third-order valence-electron chi connectivity index (χ3n) is 5.35. The van der Waals surface area contributed by atoms with Crippen LogP contribution in [0.5, 0.6) is 5.75 Å². The van der Waals surface area contributed by atoms with Crippen LogP contribution in [0, 0.1) is 0 Å². The van der Waals surface area contributed by atoms with Crippen molar-refractivity contribution in [2.75, 3.05) is 36.5 Å². The molecule has 0 aromatic heterocycles. The lowest BCUT2D eigenvalue weighted by Gasteiger charge is -2.29. The summed E-state index contributed by atoms with van der Waals surface area (Å²) in [5.41, 5.74) is 3.44. The van der Waals surface area contributed by atoms with Gasteiger partial charge in [0.15, 0.2) is 5.78 Å². The summed E-state index contributed by atoms with van der Waals surface area (Å²) >= 11 is 0. The molecule has 6 nitrogen and oxygen atoms in total. The minimum absolute atomic E-state index is 0.102. The van der Waals surface area contributed by atoms with Crippen LogP contribution >= 0.6 is 0 Å².